The molecule has 22 heavy (non-hydrogen) atoms. The van der Waals surface area contributed by atoms with E-state index in [9.17, 15) is 0 Å². The zero-order valence-electron chi connectivity index (χ0n) is 13.9. The number of benzene rings is 1. The molecule has 0 aliphatic carbocycles. The molecule has 6 nitrogen and oxygen atoms in total. The molecule has 0 atom stereocenters. The molecule has 6 heteroatoms. The van der Waals surface area contributed by atoms with E-state index in [0.717, 1.165) is 31.9 Å². The quantitative estimate of drug-likeness (QED) is 0.417. The van der Waals surface area contributed by atoms with E-state index in [1.165, 1.54) is 0 Å². The second kappa shape index (κ2) is 10.7. The highest BCUT2D eigenvalue weighted by molar-refractivity contribution is 5.93. The third-order valence-electron chi connectivity index (χ3n) is 2.91. The SMILES string of the molecule is CCOCCCNC(=NC)Nc1ccc(OC)c(OCC)c1. The first kappa shape index (κ1) is 18.1. The number of rotatable bonds is 9. The molecule has 124 valence electrons. The molecule has 1 aromatic rings. The van der Waals surface area contributed by atoms with E-state index in [1.54, 1.807) is 14.2 Å². The van der Waals surface area contributed by atoms with Crippen molar-refractivity contribution in [2.24, 2.45) is 4.99 Å². The number of aliphatic imine (C=N–C) groups is 1. The Morgan fingerprint density at radius 3 is 2.64 bits per heavy atom. The Hall–Kier alpha value is -1.95. The zero-order valence-corrected chi connectivity index (χ0v) is 13.9. The number of anilines is 1. The van der Waals surface area contributed by atoms with Crippen molar-refractivity contribution in [3.8, 4) is 11.5 Å². The maximum atomic E-state index is 5.57. The van der Waals surface area contributed by atoms with E-state index in [4.69, 9.17) is 14.2 Å². The van der Waals surface area contributed by atoms with Gasteiger partial charge in [-0.1, -0.05) is 0 Å². The highest BCUT2D eigenvalue weighted by Gasteiger charge is 2.06. The summed E-state index contributed by atoms with van der Waals surface area (Å²) in [5, 5.41) is 6.48. The van der Waals surface area contributed by atoms with Crippen molar-refractivity contribution in [3.05, 3.63) is 18.2 Å². The fourth-order valence-electron chi connectivity index (χ4n) is 1.86. The van der Waals surface area contributed by atoms with Gasteiger partial charge < -0.3 is 24.8 Å². The maximum Gasteiger partial charge on any atom is 0.195 e. The van der Waals surface area contributed by atoms with Crippen LogP contribution >= 0.6 is 0 Å². The monoisotopic (exact) mass is 309 g/mol. The topological polar surface area (TPSA) is 64.1 Å². The number of guanidine groups is 1. The lowest BCUT2D eigenvalue weighted by atomic mass is 10.2. The average molecular weight is 309 g/mol. The van der Waals surface area contributed by atoms with Gasteiger partial charge in [0.2, 0.25) is 0 Å². The third-order valence-corrected chi connectivity index (χ3v) is 2.91. The van der Waals surface area contributed by atoms with Gasteiger partial charge in [0.05, 0.1) is 13.7 Å². The van der Waals surface area contributed by atoms with Gasteiger partial charge in [-0.25, -0.2) is 0 Å². The van der Waals surface area contributed by atoms with Crippen molar-refractivity contribution in [2.75, 3.05) is 45.8 Å². The average Bonchev–Trinajstić information content (AvgIpc) is 2.54. The smallest absolute Gasteiger partial charge is 0.195 e. The molecule has 0 fully saturated rings. The van der Waals surface area contributed by atoms with Gasteiger partial charge in [0, 0.05) is 38.6 Å². The minimum atomic E-state index is 0.588. The van der Waals surface area contributed by atoms with Gasteiger partial charge >= 0.3 is 0 Å². The predicted octanol–water partition coefficient (Wildman–Crippen LogP) is 2.51. The van der Waals surface area contributed by atoms with Crippen molar-refractivity contribution in [3.63, 3.8) is 0 Å². The Morgan fingerprint density at radius 1 is 1.18 bits per heavy atom. The molecule has 0 aliphatic heterocycles. The van der Waals surface area contributed by atoms with Crippen molar-refractivity contribution in [1.82, 2.24) is 5.32 Å². The van der Waals surface area contributed by atoms with Crippen molar-refractivity contribution in [2.45, 2.75) is 20.3 Å². The lowest BCUT2D eigenvalue weighted by Gasteiger charge is -2.14. The summed E-state index contributed by atoms with van der Waals surface area (Å²) in [6, 6.07) is 5.69. The number of ether oxygens (including phenoxy) is 3. The van der Waals surface area contributed by atoms with Gasteiger partial charge in [0.25, 0.3) is 0 Å². The van der Waals surface area contributed by atoms with Gasteiger partial charge in [-0.05, 0) is 32.4 Å². The lowest BCUT2D eigenvalue weighted by molar-refractivity contribution is 0.146. The van der Waals surface area contributed by atoms with Gasteiger partial charge in [-0.2, -0.15) is 0 Å². The molecule has 0 aromatic heterocycles. The summed E-state index contributed by atoms with van der Waals surface area (Å²) in [5.74, 6) is 2.14. The van der Waals surface area contributed by atoms with Crippen LogP contribution in [0.4, 0.5) is 5.69 Å². The summed E-state index contributed by atoms with van der Waals surface area (Å²) >= 11 is 0. The summed E-state index contributed by atoms with van der Waals surface area (Å²) in [6.07, 6.45) is 0.932. The normalized spacial score (nSPS) is 11.2. The first-order valence-corrected chi connectivity index (χ1v) is 7.61. The van der Waals surface area contributed by atoms with Gasteiger partial charge in [0.1, 0.15) is 0 Å². The molecule has 0 heterocycles. The molecule has 1 rings (SSSR count). The van der Waals surface area contributed by atoms with Crippen LogP contribution < -0.4 is 20.1 Å². The van der Waals surface area contributed by atoms with Crippen LogP contribution in [-0.2, 0) is 4.74 Å². The van der Waals surface area contributed by atoms with Crippen LogP contribution in [0.5, 0.6) is 11.5 Å². The summed E-state index contributed by atoms with van der Waals surface area (Å²) in [7, 11) is 3.37. The highest BCUT2D eigenvalue weighted by atomic mass is 16.5. The molecule has 0 radical (unpaired) electrons. The fraction of sp³-hybridized carbons (Fsp3) is 0.562. The van der Waals surface area contributed by atoms with Crippen molar-refractivity contribution >= 4 is 11.6 Å². The third kappa shape index (κ3) is 6.22. The number of hydrogen-bond acceptors (Lipinski definition) is 4. The first-order valence-electron chi connectivity index (χ1n) is 7.61. The minimum absolute atomic E-state index is 0.588. The van der Waals surface area contributed by atoms with E-state index in [2.05, 4.69) is 15.6 Å². The van der Waals surface area contributed by atoms with Crippen LogP contribution in [0.3, 0.4) is 0 Å². The molecule has 0 saturated heterocycles. The molecule has 0 amide bonds. The van der Waals surface area contributed by atoms with Crippen molar-refractivity contribution in [1.29, 1.82) is 0 Å². The van der Waals surface area contributed by atoms with E-state index < -0.39 is 0 Å². The maximum absolute atomic E-state index is 5.57. The van der Waals surface area contributed by atoms with E-state index in [0.29, 0.717) is 24.1 Å². The Balaban J connectivity index is 2.57. The van der Waals surface area contributed by atoms with Crippen LogP contribution in [-0.4, -0.2) is 46.5 Å². The predicted molar refractivity (Wildman–Crippen MR) is 90.3 cm³/mol. The largest absolute Gasteiger partial charge is 0.493 e. The highest BCUT2D eigenvalue weighted by Crippen LogP contribution is 2.30. The Bertz CT molecular complexity index is 464. The zero-order chi connectivity index (χ0) is 16.2. The summed E-state index contributed by atoms with van der Waals surface area (Å²) in [6.45, 7) is 6.82. The number of hydrogen-bond donors (Lipinski definition) is 2. The molecular formula is C16H27N3O3. The van der Waals surface area contributed by atoms with Crippen LogP contribution in [0.2, 0.25) is 0 Å². The molecule has 2 N–H and O–H groups in total. The van der Waals surface area contributed by atoms with Crippen molar-refractivity contribution < 1.29 is 14.2 Å². The summed E-state index contributed by atoms with van der Waals surface area (Å²) in [5.41, 5.74) is 0.891. The van der Waals surface area contributed by atoms with Gasteiger partial charge in [-0.3, -0.25) is 4.99 Å². The van der Waals surface area contributed by atoms with E-state index in [1.807, 2.05) is 32.0 Å². The first-order chi connectivity index (χ1) is 10.7. The van der Waals surface area contributed by atoms with Gasteiger partial charge in [-0.15, -0.1) is 0 Å². The van der Waals surface area contributed by atoms with E-state index in [-0.39, 0.29) is 0 Å². The van der Waals surface area contributed by atoms with Crippen LogP contribution in [0.1, 0.15) is 20.3 Å². The van der Waals surface area contributed by atoms with Crippen LogP contribution in [0, 0.1) is 0 Å². The molecule has 0 aliphatic rings. The fourth-order valence-corrected chi connectivity index (χ4v) is 1.86. The summed E-state index contributed by atoms with van der Waals surface area (Å²) in [4.78, 5) is 4.20. The molecule has 0 spiro atoms. The number of nitrogens with one attached hydrogen (secondary N) is 2. The Kier molecular flexibility index (Phi) is 8.83. The molecule has 0 bridgehead atoms. The van der Waals surface area contributed by atoms with Crippen LogP contribution in [0.25, 0.3) is 0 Å². The second-order valence-electron chi connectivity index (χ2n) is 4.47. The number of methoxy groups -OCH3 is 1. The standard InChI is InChI=1S/C16H27N3O3/c1-5-21-11-7-10-18-16(17-3)19-13-8-9-14(20-4)15(12-13)22-6-2/h8-9,12H,5-7,10-11H2,1-4H3,(H2,17,18,19). The lowest BCUT2D eigenvalue weighted by Crippen LogP contribution is -2.31. The van der Waals surface area contributed by atoms with E-state index >= 15 is 0 Å². The number of nitrogens with zero attached hydrogens (tertiary/aromatic N) is 1. The van der Waals surface area contributed by atoms with Gasteiger partial charge in [0.15, 0.2) is 17.5 Å². The Morgan fingerprint density at radius 2 is 2.00 bits per heavy atom. The Labute approximate surface area is 132 Å². The molecular weight excluding hydrogens is 282 g/mol. The summed E-state index contributed by atoms with van der Waals surface area (Å²) < 4.78 is 16.1. The molecule has 0 unspecified atom stereocenters. The minimum Gasteiger partial charge on any atom is -0.493 e. The van der Waals surface area contributed by atoms with Crippen LogP contribution in [0.15, 0.2) is 23.2 Å². The second-order valence-corrected chi connectivity index (χ2v) is 4.47. The molecule has 0 saturated carbocycles. The molecule has 1 aromatic carbocycles.